The average Bonchev–Trinajstić information content (AvgIpc) is 2.29. The third-order valence-electron chi connectivity index (χ3n) is 2.51. The predicted molar refractivity (Wildman–Crippen MR) is 70.8 cm³/mol. The Hall–Kier alpha value is -1.48. The minimum Gasteiger partial charge on any atom is -0.457 e. The summed E-state index contributed by atoms with van der Waals surface area (Å²) in [5, 5.41) is 0.687. The summed E-state index contributed by atoms with van der Waals surface area (Å²) in [6.45, 7) is 1.89. The van der Waals surface area contributed by atoms with Gasteiger partial charge in [-0.1, -0.05) is 23.1 Å². The molecule has 0 bridgehead atoms. The van der Waals surface area contributed by atoms with Gasteiger partial charge in [-0.2, -0.15) is 0 Å². The summed E-state index contributed by atoms with van der Waals surface area (Å²) in [7, 11) is 1.71. The zero-order valence-electron chi connectivity index (χ0n) is 9.63. The minimum absolute atomic E-state index is 0.270. The van der Waals surface area contributed by atoms with Gasteiger partial charge in [0.2, 0.25) is 0 Å². The van der Waals surface area contributed by atoms with E-state index in [1.165, 1.54) is 6.07 Å². The third-order valence-corrected chi connectivity index (χ3v) is 2.93. The zero-order chi connectivity index (χ0) is 12.4. The van der Waals surface area contributed by atoms with E-state index in [9.17, 15) is 4.39 Å². The second-order valence-electron chi connectivity index (χ2n) is 3.92. The fraction of sp³-hybridized carbons (Fsp3) is 0.0769. The largest absolute Gasteiger partial charge is 0.457 e. The van der Waals surface area contributed by atoms with Crippen LogP contribution in [0, 0.1) is 12.7 Å². The van der Waals surface area contributed by atoms with Crippen LogP contribution in [-0.4, -0.2) is 7.85 Å². The maximum atomic E-state index is 13.3. The summed E-state index contributed by atoms with van der Waals surface area (Å²) in [6, 6.07) is 10.1. The van der Waals surface area contributed by atoms with Gasteiger partial charge in [-0.15, -0.1) is 0 Å². The lowest BCUT2D eigenvalue weighted by atomic mass is 9.96. The standard InChI is InChI=1S/C13H11BClFO/c1-8-6-9(3-5-12(8)15)17-10-2-4-11(14)13(16)7-10/h2-7H,14H2,1H3. The Bertz CT molecular complexity index is 508. The van der Waals surface area contributed by atoms with Gasteiger partial charge in [-0.25, -0.2) is 4.39 Å². The van der Waals surface area contributed by atoms with Crippen LogP contribution in [0.2, 0.25) is 5.02 Å². The predicted octanol–water partition coefficient (Wildman–Crippen LogP) is 2.84. The Morgan fingerprint density at radius 2 is 1.76 bits per heavy atom. The number of rotatable bonds is 2. The molecule has 0 aromatic heterocycles. The monoisotopic (exact) mass is 248 g/mol. The second kappa shape index (κ2) is 4.80. The van der Waals surface area contributed by atoms with Gasteiger partial charge in [0, 0.05) is 11.1 Å². The van der Waals surface area contributed by atoms with Gasteiger partial charge in [0.25, 0.3) is 0 Å². The van der Waals surface area contributed by atoms with Crippen molar-refractivity contribution in [1.29, 1.82) is 0 Å². The molecule has 1 nitrogen and oxygen atoms in total. The van der Waals surface area contributed by atoms with Gasteiger partial charge < -0.3 is 4.74 Å². The summed E-state index contributed by atoms with van der Waals surface area (Å²) < 4.78 is 18.9. The van der Waals surface area contributed by atoms with E-state index in [2.05, 4.69) is 0 Å². The SMILES string of the molecule is Bc1ccc(Oc2ccc(Cl)c(C)c2)cc1F. The highest BCUT2D eigenvalue weighted by Crippen LogP contribution is 2.25. The Kier molecular flexibility index (Phi) is 3.39. The zero-order valence-corrected chi connectivity index (χ0v) is 10.4. The smallest absolute Gasteiger partial charge is 0.143 e. The van der Waals surface area contributed by atoms with E-state index < -0.39 is 0 Å². The van der Waals surface area contributed by atoms with Crippen molar-refractivity contribution in [3.05, 3.63) is 52.8 Å². The summed E-state index contributed by atoms with van der Waals surface area (Å²) in [5.41, 5.74) is 1.53. The molecule has 0 radical (unpaired) electrons. The Morgan fingerprint density at radius 3 is 2.41 bits per heavy atom. The lowest BCUT2D eigenvalue weighted by molar-refractivity contribution is 0.477. The summed E-state index contributed by atoms with van der Waals surface area (Å²) in [6.07, 6.45) is 0. The van der Waals surface area contributed by atoms with Gasteiger partial charge in [0.15, 0.2) is 0 Å². The van der Waals surface area contributed by atoms with E-state index in [-0.39, 0.29) is 5.82 Å². The van der Waals surface area contributed by atoms with Crippen molar-refractivity contribution < 1.29 is 9.13 Å². The molecule has 0 aliphatic carbocycles. The van der Waals surface area contributed by atoms with Gasteiger partial charge >= 0.3 is 0 Å². The van der Waals surface area contributed by atoms with E-state index in [1.807, 2.05) is 13.0 Å². The number of benzene rings is 2. The number of hydrogen-bond donors (Lipinski definition) is 0. The molecule has 0 heterocycles. The normalized spacial score (nSPS) is 10.3. The van der Waals surface area contributed by atoms with Gasteiger partial charge in [-0.3, -0.25) is 0 Å². The van der Waals surface area contributed by atoms with Gasteiger partial charge in [-0.05, 0) is 36.8 Å². The van der Waals surface area contributed by atoms with Crippen LogP contribution in [0.15, 0.2) is 36.4 Å². The van der Waals surface area contributed by atoms with Crippen molar-refractivity contribution in [1.82, 2.24) is 0 Å². The van der Waals surface area contributed by atoms with Crippen molar-refractivity contribution >= 4 is 24.9 Å². The number of halogens is 2. The number of aryl methyl sites for hydroxylation is 1. The average molecular weight is 248 g/mol. The quantitative estimate of drug-likeness (QED) is 0.743. The molecular formula is C13H11BClFO. The summed E-state index contributed by atoms with van der Waals surface area (Å²) in [4.78, 5) is 0. The maximum Gasteiger partial charge on any atom is 0.143 e. The number of ether oxygens (including phenoxy) is 1. The first-order valence-electron chi connectivity index (χ1n) is 5.26. The van der Waals surface area contributed by atoms with E-state index in [0.717, 1.165) is 5.56 Å². The van der Waals surface area contributed by atoms with Gasteiger partial charge in [0.05, 0.1) is 0 Å². The van der Waals surface area contributed by atoms with Crippen LogP contribution < -0.4 is 10.2 Å². The van der Waals surface area contributed by atoms with Crippen molar-refractivity contribution in [2.45, 2.75) is 6.92 Å². The molecule has 0 atom stereocenters. The molecule has 17 heavy (non-hydrogen) atoms. The molecule has 2 aromatic carbocycles. The van der Waals surface area contributed by atoms with Crippen LogP contribution >= 0.6 is 11.6 Å². The lowest BCUT2D eigenvalue weighted by Gasteiger charge is -2.08. The summed E-state index contributed by atoms with van der Waals surface area (Å²) in [5.74, 6) is 0.859. The van der Waals surface area contributed by atoms with Crippen LogP contribution in [0.5, 0.6) is 11.5 Å². The van der Waals surface area contributed by atoms with E-state index in [1.54, 1.807) is 32.1 Å². The molecule has 0 amide bonds. The van der Waals surface area contributed by atoms with E-state index >= 15 is 0 Å². The molecule has 0 N–H and O–H groups in total. The molecule has 0 aliphatic heterocycles. The highest BCUT2D eigenvalue weighted by Gasteiger charge is 2.03. The molecule has 4 heteroatoms. The highest BCUT2D eigenvalue weighted by molar-refractivity contribution is 6.32. The molecule has 0 fully saturated rings. The van der Waals surface area contributed by atoms with E-state index in [4.69, 9.17) is 16.3 Å². The molecule has 2 rings (SSSR count). The Balaban J connectivity index is 2.25. The van der Waals surface area contributed by atoms with Gasteiger partial charge in [0.1, 0.15) is 25.2 Å². The molecule has 86 valence electrons. The second-order valence-corrected chi connectivity index (χ2v) is 4.33. The van der Waals surface area contributed by atoms with Crippen molar-refractivity contribution in [2.75, 3.05) is 0 Å². The van der Waals surface area contributed by atoms with Crippen molar-refractivity contribution in [3.8, 4) is 11.5 Å². The van der Waals surface area contributed by atoms with E-state index in [0.29, 0.717) is 22.0 Å². The first kappa shape index (κ1) is 12.0. The fourth-order valence-electron chi connectivity index (χ4n) is 1.45. The van der Waals surface area contributed by atoms with Crippen LogP contribution in [0.1, 0.15) is 5.56 Å². The number of hydrogen-bond acceptors (Lipinski definition) is 1. The molecular weight excluding hydrogens is 237 g/mol. The van der Waals surface area contributed by atoms with Crippen molar-refractivity contribution in [3.63, 3.8) is 0 Å². The fourth-order valence-corrected chi connectivity index (χ4v) is 1.57. The first-order chi connectivity index (χ1) is 8.06. The topological polar surface area (TPSA) is 9.23 Å². The van der Waals surface area contributed by atoms with Crippen LogP contribution in [0.25, 0.3) is 0 Å². The Labute approximate surface area is 106 Å². The molecule has 0 saturated carbocycles. The molecule has 0 spiro atoms. The highest BCUT2D eigenvalue weighted by atomic mass is 35.5. The van der Waals surface area contributed by atoms with Crippen molar-refractivity contribution in [2.24, 2.45) is 0 Å². The molecule has 0 saturated heterocycles. The molecule has 2 aromatic rings. The van der Waals surface area contributed by atoms with Crippen LogP contribution in [-0.2, 0) is 0 Å². The minimum atomic E-state index is -0.270. The molecule has 0 unspecified atom stereocenters. The summed E-state index contributed by atoms with van der Waals surface area (Å²) >= 11 is 5.91. The lowest BCUT2D eigenvalue weighted by Crippen LogP contribution is -2.07. The van der Waals surface area contributed by atoms with Crippen LogP contribution in [0.3, 0.4) is 0 Å². The maximum absolute atomic E-state index is 13.3. The first-order valence-corrected chi connectivity index (χ1v) is 5.64. The van der Waals surface area contributed by atoms with Crippen LogP contribution in [0.4, 0.5) is 4.39 Å². The third kappa shape index (κ3) is 2.80. The molecule has 0 aliphatic rings. The Morgan fingerprint density at radius 1 is 1.12 bits per heavy atom.